The molecule has 0 aromatic heterocycles. The van der Waals surface area contributed by atoms with Crippen LogP contribution in [0.4, 0.5) is 4.39 Å². The van der Waals surface area contributed by atoms with Gasteiger partial charge in [-0.05, 0) is 62.8 Å². The molecule has 128 valence electrons. The van der Waals surface area contributed by atoms with E-state index >= 15 is 0 Å². The van der Waals surface area contributed by atoms with Crippen LogP contribution < -0.4 is 9.47 Å². The number of hydrogen-bond donors (Lipinski definition) is 0. The number of benzene rings is 2. The van der Waals surface area contributed by atoms with Gasteiger partial charge in [-0.15, -0.1) is 0 Å². The van der Waals surface area contributed by atoms with Crippen molar-refractivity contribution in [2.45, 2.75) is 12.8 Å². The molecule has 0 aliphatic carbocycles. The molecule has 0 bridgehead atoms. The standard InChI is InChI=1S/C19H21ClFNO2/c1-22-11-3-4-14(12-22)13-23-18-6-2-5-17(21)19(18)24-16-9-7-15(20)8-10-16/h2,5-10,14H,3-4,11-13H2,1H3. The average Bonchev–Trinajstić information content (AvgIpc) is 2.57. The molecule has 1 unspecified atom stereocenters. The maximum absolute atomic E-state index is 14.2. The molecule has 0 spiro atoms. The fraction of sp³-hybridized carbons (Fsp3) is 0.368. The number of hydrogen-bond acceptors (Lipinski definition) is 3. The first-order valence-corrected chi connectivity index (χ1v) is 8.53. The van der Waals surface area contributed by atoms with Crippen LogP contribution in [-0.2, 0) is 0 Å². The number of piperidine rings is 1. The summed E-state index contributed by atoms with van der Waals surface area (Å²) in [7, 11) is 2.11. The number of para-hydroxylation sites is 1. The topological polar surface area (TPSA) is 21.7 Å². The summed E-state index contributed by atoms with van der Waals surface area (Å²) in [6.07, 6.45) is 2.30. The molecule has 0 N–H and O–H groups in total. The lowest BCUT2D eigenvalue weighted by Crippen LogP contribution is -2.34. The van der Waals surface area contributed by atoms with E-state index in [9.17, 15) is 4.39 Å². The molecule has 1 heterocycles. The second-order valence-electron chi connectivity index (χ2n) is 6.20. The van der Waals surface area contributed by atoms with E-state index in [0.717, 1.165) is 19.5 Å². The van der Waals surface area contributed by atoms with Crippen LogP contribution in [0.3, 0.4) is 0 Å². The van der Waals surface area contributed by atoms with Gasteiger partial charge in [-0.2, -0.15) is 0 Å². The zero-order valence-electron chi connectivity index (χ0n) is 13.7. The fourth-order valence-electron chi connectivity index (χ4n) is 2.94. The monoisotopic (exact) mass is 349 g/mol. The molecule has 1 aliphatic heterocycles. The first-order chi connectivity index (χ1) is 11.6. The Labute approximate surface area is 146 Å². The summed E-state index contributed by atoms with van der Waals surface area (Å²) in [6.45, 7) is 2.69. The van der Waals surface area contributed by atoms with Gasteiger partial charge in [0.05, 0.1) is 6.61 Å². The number of halogens is 2. The van der Waals surface area contributed by atoms with Crippen LogP contribution in [0.5, 0.6) is 17.2 Å². The van der Waals surface area contributed by atoms with E-state index in [-0.39, 0.29) is 5.75 Å². The van der Waals surface area contributed by atoms with Crippen molar-refractivity contribution in [2.24, 2.45) is 5.92 Å². The Morgan fingerprint density at radius 2 is 2.00 bits per heavy atom. The van der Waals surface area contributed by atoms with Gasteiger partial charge in [-0.1, -0.05) is 17.7 Å². The Morgan fingerprint density at radius 1 is 1.21 bits per heavy atom. The number of nitrogens with zero attached hydrogens (tertiary/aromatic N) is 1. The minimum Gasteiger partial charge on any atom is -0.489 e. The van der Waals surface area contributed by atoms with Crippen molar-refractivity contribution in [3.05, 3.63) is 53.3 Å². The molecule has 2 aromatic rings. The van der Waals surface area contributed by atoms with Crippen LogP contribution >= 0.6 is 11.6 Å². The third-order valence-corrected chi connectivity index (χ3v) is 4.41. The van der Waals surface area contributed by atoms with E-state index in [1.807, 2.05) is 0 Å². The molecular formula is C19H21ClFNO2. The van der Waals surface area contributed by atoms with Gasteiger partial charge in [0.2, 0.25) is 5.75 Å². The van der Waals surface area contributed by atoms with Gasteiger partial charge in [0.25, 0.3) is 0 Å². The van der Waals surface area contributed by atoms with Crippen LogP contribution in [-0.4, -0.2) is 31.6 Å². The summed E-state index contributed by atoms with van der Waals surface area (Å²) in [5.74, 6) is 1.08. The molecule has 0 saturated carbocycles. The highest BCUT2D eigenvalue weighted by molar-refractivity contribution is 6.30. The predicted molar refractivity (Wildman–Crippen MR) is 93.6 cm³/mol. The van der Waals surface area contributed by atoms with Crippen molar-refractivity contribution in [3.8, 4) is 17.2 Å². The summed E-state index contributed by atoms with van der Waals surface area (Å²) in [5.41, 5.74) is 0. The summed E-state index contributed by atoms with van der Waals surface area (Å²) < 4.78 is 25.8. The second-order valence-corrected chi connectivity index (χ2v) is 6.64. The zero-order chi connectivity index (χ0) is 16.9. The molecule has 24 heavy (non-hydrogen) atoms. The van der Waals surface area contributed by atoms with Crippen molar-refractivity contribution in [1.29, 1.82) is 0 Å². The molecule has 1 saturated heterocycles. The van der Waals surface area contributed by atoms with Gasteiger partial charge in [0.15, 0.2) is 11.6 Å². The van der Waals surface area contributed by atoms with Gasteiger partial charge in [-0.25, -0.2) is 4.39 Å². The van der Waals surface area contributed by atoms with Gasteiger partial charge in [-0.3, -0.25) is 0 Å². The molecule has 0 amide bonds. The molecule has 3 nitrogen and oxygen atoms in total. The largest absolute Gasteiger partial charge is 0.489 e. The first kappa shape index (κ1) is 17.1. The molecule has 5 heteroatoms. The van der Waals surface area contributed by atoms with E-state index in [4.69, 9.17) is 21.1 Å². The van der Waals surface area contributed by atoms with Crippen LogP contribution in [0.15, 0.2) is 42.5 Å². The van der Waals surface area contributed by atoms with Crippen molar-refractivity contribution in [3.63, 3.8) is 0 Å². The number of rotatable bonds is 5. The summed E-state index contributed by atoms with van der Waals surface area (Å²) in [5, 5.41) is 0.605. The maximum Gasteiger partial charge on any atom is 0.204 e. The minimum absolute atomic E-state index is 0.115. The lowest BCUT2D eigenvalue weighted by molar-refractivity contribution is 0.148. The van der Waals surface area contributed by atoms with E-state index in [1.165, 1.54) is 12.5 Å². The molecule has 0 radical (unpaired) electrons. The smallest absolute Gasteiger partial charge is 0.204 e. The molecule has 3 rings (SSSR count). The molecular weight excluding hydrogens is 329 g/mol. The Kier molecular flexibility index (Phi) is 5.59. The van der Waals surface area contributed by atoms with Crippen molar-refractivity contribution in [1.82, 2.24) is 4.90 Å². The lowest BCUT2D eigenvalue weighted by atomic mass is 10.00. The third-order valence-electron chi connectivity index (χ3n) is 4.16. The third kappa shape index (κ3) is 4.40. The van der Waals surface area contributed by atoms with Crippen LogP contribution in [0, 0.1) is 11.7 Å². The fourth-order valence-corrected chi connectivity index (χ4v) is 3.07. The lowest BCUT2D eigenvalue weighted by Gasteiger charge is -2.29. The van der Waals surface area contributed by atoms with E-state index in [0.29, 0.717) is 29.0 Å². The number of likely N-dealkylation sites (tertiary alicyclic amines) is 1. The van der Waals surface area contributed by atoms with Gasteiger partial charge in [0.1, 0.15) is 5.75 Å². The quantitative estimate of drug-likeness (QED) is 0.758. The zero-order valence-corrected chi connectivity index (χ0v) is 14.4. The molecule has 1 atom stereocenters. The molecule has 2 aromatic carbocycles. The Morgan fingerprint density at radius 3 is 2.75 bits per heavy atom. The van der Waals surface area contributed by atoms with Crippen molar-refractivity contribution in [2.75, 3.05) is 26.7 Å². The second kappa shape index (κ2) is 7.86. The van der Waals surface area contributed by atoms with Gasteiger partial charge < -0.3 is 14.4 Å². The van der Waals surface area contributed by atoms with Gasteiger partial charge in [0, 0.05) is 17.5 Å². The van der Waals surface area contributed by atoms with Crippen LogP contribution in [0.2, 0.25) is 5.02 Å². The number of ether oxygens (including phenoxy) is 2. The highest BCUT2D eigenvalue weighted by atomic mass is 35.5. The predicted octanol–water partition coefficient (Wildman–Crippen LogP) is 4.99. The Balaban J connectivity index is 1.71. The van der Waals surface area contributed by atoms with Crippen LogP contribution in [0.25, 0.3) is 0 Å². The summed E-state index contributed by atoms with van der Waals surface area (Å²) in [4.78, 5) is 2.30. The Bertz CT molecular complexity index is 678. The van der Waals surface area contributed by atoms with Crippen LogP contribution in [0.1, 0.15) is 12.8 Å². The van der Waals surface area contributed by atoms with E-state index in [2.05, 4.69) is 11.9 Å². The summed E-state index contributed by atoms with van der Waals surface area (Å²) >= 11 is 5.87. The SMILES string of the molecule is CN1CCCC(COc2cccc(F)c2Oc2ccc(Cl)cc2)C1. The van der Waals surface area contributed by atoms with E-state index in [1.54, 1.807) is 36.4 Å². The van der Waals surface area contributed by atoms with Gasteiger partial charge >= 0.3 is 0 Å². The molecule has 1 fully saturated rings. The normalized spacial score (nSPS) is 18.4. The minimum atomic E-state index is -0.441. The highest BCUT2D eigenvalue weighted by Gasteiger charge is 2.19. The average molecular weight is 350 g/mol. The Hall–Kier alpha value is -1.78. The van der Waals surface area contributed by atoms with Crippen molar-refractivity contribution >= 4 is 11.6 Å². The maximum atomic E-state index is 14.2. The first-order valence-electron chi connectivity index (χ1n) is 8.15. The van der Waals surface area contributed by atoms with Crippen molar-refractivity contribution < 1.29 is 13.9 Å². The van der Waals surface area contributed by atoms with E-state index < -0.39 is 5.82 Å². The molecule has 1 aliphatic rings. The summed E-state index contributed by atoms with van der Waals surface area (Å²) in [6, 6.07) is 11.6. The highest BCUT2D eigenvalue weighted by Crippen LogP contribution is 2.35.